The van der Waals surface area contributed by atoms with E-state index in [1.807, 2.05) is 4.90 Å². The lowest BCUT2D eigenvalue weighted by Crippen LogP contribution is -2.49. The molecule has 2 aromatic rings. The van der Waals surface area contributed by atoms with E-state index >= 15 is 0 Å². The Balaban J connectivity index is 1.49. The average molecular weight is 336 g/mol. The van der Waals surface area contributed by atoms with Crippen LogP contribution < -0.4 is 4.90 Å². The molecule has 1 aromatic carbocycles. The minimum atomic E-state index is -0.238. The molecule has 23 heavy (non-hydrogen) atoms. The fourth-order valence-electron chi connectivity index (χ4n) is 2.43. The van der Waals surface area contributed by atoms with E-state index in [1.165, 1.54) is 23.9 Å². The summed E-state index contributed by atoms with van der Waals surface area (Å²) in [5.74, 6) is 0.166. The summed E-state index contributed by atoms with van der Waals surface area (Å²) in [5.41, 5.74) is 0.984. The first-order chi connectivity index (χ1) is 11.1. The van der Waals surface area contributed by atoms with Gasteiger partial charge in [0.25, 0.3) is 0 Å². The smallest absolute Gasteiger partial charge is 0.233 e. The highest BCUT2D eigenvalue weighted by atomic mass is 32.2. The van der Waals surface area contributed by atoms with E-state index in [9.17, 15) is 9.18 Å². The van der Waals surface area contributed by atoms with Crippen molar-refractivity contribution in [3.63, 3.8) is 0 Å². The molecule has 0 bridgehead atoms. The van der Waals surface area contributed by atoms with Gasteiger partial charge in [0.2, 0.25) is 11.1 Å². The number of hydrogen-bond acceptors (Lipinski definition) is 6. The van der Waals surface area contributed by atoms with Crippen LogP contribution in [-0.2, 0) is 11.8 Å². The van der Waals surface area contributed by atoms with Crippen molar-refractivity contribution in [1.82, 2.24) is 25.1 Å². The van der Waals surface area contributed by atoms with Gasteiger partial charge in [0.15, 0.2) is 0 Å². The highest BCUT2D eigenvalue weighted by Crippen LogP contribution is 2.18. The second-order valence-corrected chi connectivity index (χ2v) is 6.16. The Morgan fingerprint density at radius 2 is 1.91 bits per heavy atom. The van der Waals surface area contributed by atoms with Gasteiger partial charge in [-0.25, -0.2) is 9.07 Å². The van der Waals surface area contributed by atoms with E-state index in [0.29, 0.717) is 24.0 Å². The van der Waals surface area contributed by atoms with E-state index in [-0.39, 0.29) is 11.7 Å². The number of aryl methyl sites for hydroxylation is 1. The van der Waals surface area contributed by atoms with E-state index in [1.54, 1.807) is 23.9 Å². The van der Waals surface area contributed by atoms with E-state index in [2.05, 4.69) is 20.4 Å². The predicted octanol–water partition coefficient (Wildman–Crippen LogP) is 0.790. The molecule has 0 saturated carbocycles. The minimum Gasteiger partial charge on any atom is -0.368 e. The molecular weight excluding hydrogens is 319 g/mol. The first kappa shape index (κ1) is 15.7. The van der Waals surface area contributed by atoms with Gasteiger partial charge in [-0.3, -0.25) is 4.79 Å². The fourth-order valence-corrected chi connectivity index (χ4v) is 3.18. The van der Waals surface area contributed by atoms with Crippen LogP contribution in [0.25, 0.3) is 0 Å². The van der Waals surface area contributed by atoms with Gasteiger partial charge < -0.3 is 9.80 Å². The van der Waals surface area contributed by atoms with Crippen molar-refractivity contribution in [2.24, 2.45) is 7.05 Å². The first-order valence-electron chi connectivity index (χ1n) is 7.27. The van der Waals surface area contributed by atoms with Crippen LogP contribution in [0.4, 0.5) is 10.1 Å². The van der Waals surface area contributed by atoms with Crippen molar-refractivity contribution >= 4 is 23.4 Å². The van der Waals surface area contributed by atoms with Gasteiger partial charge in [-0.15, -0.1) is 5.10 Å². The van der Waals surface area contributed by atoms with Crippen molar-refractivity contribution in [3.8, 4) is 0 Å². The van der Waals surface area contributed by atoms with Crippen molar-refractivity contribution in [2.45, 2.75) is 5.16 Å². The molecule has 1 fully saturated rings. The summed E-state index contributed by atoms with van der Waals surface area (Å²) in [5, 5.41) is 11.8. The quantitative estimate of drug-likeness (QED) is 0.769. The maximum Gasteiger partial charge on any atom is 0.233 e. The van der Waals surface area contributed by atoms with Crippen LogP contribution in [0.3, 0.4) is 0 Å². The van der Waals surface area contributed by atoms with Gasteiger partial charge in [0.1, 0.15) is 5.82 Å². The normalized spacial score (nSPS) is 15.0. The second-order valence-electron chi connectivity index (χ2n) is 5.22. The molecular formula is C14H17FN6OS. The van der Waals surface area contributed by atoms with Crippen LogP contribution in [0.15, 0.2) is 29.4 Å². The molecule has 0 aliphatic carbocycles. The second kappa shape index (κ2) is 6.95. The number of anilines is 1. The highest BCUT2D eigenvalue weighted by molar-refractivity contribution is 7.99. The third-order valence-corrected chi connectivity index (χ3v) is 4.73. The zero-order valence-corrected chi connectivity index (χ0v) is 13.5. The lowest BCUT2D eigenvalue weighted by molar-refractivity contribution is -0.128. The largest absolute Gasteiger partial charge is 0.368 e. The number of aromatic nitrogens is 4. The van der Waals surface area contributed by atoms with Crippen LogP contribution in [0, 0.1) is 5.82 Å². The monoisotopic (exact) mass is 336 g/mol. The van der Waals surface area contributed by atoms with Gasteiger partial charge >= 0.3 is 0 Å². The summed E-state index contributed by atoms with van der Waals surface area (Å²) in [4.78, 5) is 16.3. The highest BCUT2D eigenvalue weighted by Gasteiger charge is 2.21. The van der Waals surface area contributed by atoms with E-state index in [4.69, 9.17) is 0 Å². The van der Waals surface area contributed by atoms with Crippen molar-refractivity contribution in [1.29, 1.82) is 0 Å². The maximum atomic E-state index is 13.0. The Labute approximate surface area is 137 Å². The number of thioether (sulfide) groups is 1. The molecule has 7 nitrogen and oxygen atoms in total. The summed E-state index contributed by atoms with van der Waals surface area (Å²) >= 11 is 1.33. The van der Waals surface area contributed by atoms with Crippen LogP contribution in [-0.4, -0.2) is 62.9 Å². The van der Waals surface area contributed by atoms with Gasteiger partial charge in [0.05, 0.1) is 5.75 Å². The standard InChI is InChI=1S/C14H17FN6OS/c1-19-14(16-17-18-19)23-10-13(22)21-8-6-20(7-9-21)12-4-2-11(15)3-5-12/h2-5H,6-10H2,1H3. The number of tetrazole rings is 1. The van der Waals surface area contributed by atoms with Crippen molar-refractivity contribution in [3.05, 3.63) is 30.1 Å². The lowest BCUT2D eigenvalue weighted by Gasteiger charge is -2.36. The molecule has 0 spiro atoms. The molecule has 0 atom stereocenters. The Morgan fingerprint density at radius 3 is 2.52 bits per heavy atom. The van der Waals surface area contributed by atoms with Gasteiger partial charge in [-0.1, -0.05) is 11.8 Å². The number of amides is 1. The topological polar surface area (TPSA) is 67.2 Å². The molecule has 122 valence electrons. The predicted molar refractivity (Wildman–Crippen MR) is 84.7 cm³/mol. The molecule has 0 unspecified atom stereocenters. The molecule has 1 aliphatic rings. The Morgan fingerprint density at radius 1 is 1.22 bits per heavy atom. The summed E-state index contributed by atoms with van der Waals surface area (Å²) in [6.45, 7) is 2.81. The number of hydrogen-bond donors (Lipinski definition) is 0. The average Bonchev–Trinajstić information content (AvgIpc) is 2.99. The fraction of sp³-hybridized carbons (Fsp3) is 0.429. The third kappa shape index (κ3) is 3.79. The molecule has 1 aliphatic heterocycles. The summed E-state index contributed by atoms with van der Waals surface area (Å²) in [7, 11) is 1.74. The third-order valence-electron chi connectivity index (χ3n) is 3.73. The molecule has 0 N–H and O–H groups in total. The SMILES string of the molecule is Cn1nnnc1SCC(=O)N1CCN(c2ccc(F)cc2)CC1. The number of piperazine rings is 1. The molecule has 9 heteroatoms. The van der Waals surface area contributed by atoms with Gasteiger partial charge in [0, 0.05) is 38.9 Å². The molecule has 2 heterocycles. The van der Waals surface area contributed by atoms with Crippen LogP contribution in [0.1, 0.15) is 0 Å². The van der Waals surface area contributed by atoms with Gasteiger partial charge in [-0.2, -0.15) is 0 Å². The van der Waals surface area contributed by atoms with E-state index < -0.39 is 0 Å². The number of carbonyl (C=O) groups excluding carboxylic acids is 1. The summed E-state index contributed by atoms with van der Waals surface area (Å²) in [6.07, 6.45) is 0. The maximum absolute atomic E-state index is 13.0. The van der Waals surface area contributed by atoms with Crippen molar-refractivity contribution < 1.29 is 9.18 Å². The number of rotatable bonds is 4. The van der Waals surface area contributed by atoms with E-state index in [0.717, 1.165) is 18.8 Å². The minimum absolute atomic E-state index is 0.0803. The number of carbonyl (C=O) groups is 1. The zero-order chi connectivity index (χ0) is 16.2. The Bertz CT molecular complexity index is 668. The molecule has 0 radical (unpaired) electrons. The van der Waals surface area contributed by atoms with Crippen LogP contribution in [0.5, 0.6) is 0 Å². The summed E-state index contributed by atoms with van der Waals surface area (Å²) in [6, 6.07) is 6.45. The number of benzene rings is 1. The van der Waals surface area contributed by atoms with Crippen LogP contribution >= 0.6 is 11.8 Å². The molecule has 3 rings (SSSR count). The Hall–Kier alpha value is -2.16. The Kier molecular flexibility index (Phi) is 4.75. The van der Waals surface area contributed by atoms with Crippen molar-refractivity contribution in [2.75, 3.05) is 36.8 Å². The summed E-state index contributed by atoms with van der Waals surface area (Å²) < 4.78 is 14.5. The molecule has 1 aromatic heterocycles. The first-order valence-corrected chi connectivity index (χ1v) is 8.25. The zero-order valence-electron chi connectivity index (χ0n) is 12.7. The number of nitrogens with zero attached hydrogens (tertiary/aromatic N) is 6. The molecule has 1 amide bonds. The van der Waals surface area contributed by atoms with Crippen LogP contribution in [0.2, 0.25) is 0 Å². The lowest BCUT2D eigenvalue weighted by atomic mass is 10.2. The van der Waals surface area contributed by atoms with Gasteiger partial charge in [-0.05, 0) is 34.7 Å². The number of halogens is 1. The molecule has 1 saturated heterocycles.